The van der Waals surface area contributed by atoms with Crippen LogP contribution in [0.3, 0.4) is 0 Å². The quantitative estimate of drug-likeness (QED) is 0.583. The highest BCUT2D eigenvalue weighted by molar-refractivity contribution is 5.37. The molecule has 1 fully saturated rings. The Bertz CT molecular complexity index is 285. The van der Waals surface area contributed by atoms with E-state index in [0.29, 0.717) is 24.2 Å². The molecule has 0 bridgehead atoms. The summed E-state index contributed by atoms with van der Waals surface area (Å²) < 4.78 is 24.7. The molecule has 0 heterocycles. The first-order chi connectivity index (χ1) is 6.67. The monoisotopic (exact) mass is 198 g/mol. The molecule has 0 aromatic rings. The standard InChI is InChI=1S/C12H16F2/c1-9-3-4-11(6-10(2)7-13)12(5-9)8-14/h6-9H,3-5H2,1-2H3. The second-order valence-corrected chi connectivity index (χ2v) is 4.01. The molecule has 78 valence electrons. The van der Waals surface area contributed by atoms with Gasteiger partial charge in [-0.25, -0.2) is 8.78 Å². The van der Waals surface area contributed by atoms with E-state index in [9.17, 15) is 8.78 Å². The van der Waals surface area contributed by atoms with Crippen molar-refractivity contribution in [1.29, 1.82) is 0 Å². The summed E-state index contributed by atoms with van der Waals surface area (Å²) in [6.07, 6.45) is 5.62. The molecule has 0 amide bonds. The highest BCUT2D eigenvalue weighted by atomic mass is 19.1. The second-order valence-electron chi connectivity index (χ2n) is 4.01. The van der Waals surface area contributed by atoms with Crippen LogP contribution in [-0.2, 0) is 0 Å². The van der Waals surface area contributed by atoms with Gasteiger partial charge in [-0.2, -0.15) is 0 Å². The number of hydrogen-bond acceptors (Lipinski definition) is 0. The van der Waals surface area contributed by atoms with E-state index in [-0.39, 0.29) is 0 Å². The van der Waals surface area contributed by atoms with Crippen LogP contribution in [0.4, 0.5) is 8.78 Å². The van der Waals surface area contributed by atoms with E-state index in [4.69, 9.17) is 0 Å². The summed E-state index contributed by atoms with van der Waals surface area (Å²) in [5, 5.41) is 0. The maximum absolute atomic E-state index is 12.5. The molecule has 0 aliphatic heterocycles. The van der Waals surface area contributed by atoms with Gasteiger partial charge in [-0.15, -0.1) is 0 Å². The van der Waals surface area contributed by atoms with Crippen LogP contribution in [0.2, 0.25) is 0 Å². The SMILES string of the molecule is CC(=CF)C=C1CCC(C)CC1=CF. The predicted molar refractivity (Wildman–Crippen MR) is 55.2 cm³/mol. The molecule has 0 N–H and O–H groups in total. The maximum atomic E-state index is 12.5. The van der Waals surface area contributed by atoms with E-state index in [2.05, 4.69) is 6.92 Å². The molecule has 1 aliphatic rings. The van der Waals surface area contributed by atoms with E-state index < -0.39 is 0 Å². The van der Waals surface area contributed by atoms with Gasteiger partial charge in [0, 0.05) is 0 Å². The molecule has 0 nitrogen and oxygen atoms in total. The summed E-state index contributed by atoms with van der Waals surface area (Å²) in [6.45, 7) is 3.79. The van der Waals surface area contributed by atoms with Crippen molar-refractivity contribution >= 4 is 0 Å². The zero-order valence-corrected chi connectivity index (χ0v) is 8.69. The zero-order valence-electron chi connectivity index (χ0n) is 8.69. The van der Waals surface area contributed by atoms with Gasteiger partial charge in [0.05, 0.1) is 12.7 Å². The Morgan fingerprint density at radius 3 is 2.64 bits per heavy atom. The van der Waals surface area contributed by atoms with Crippen LogP contribution in [-0.4, -0.2) is 0 Å². The van der Waals surface area contributed by atoms with Crippen molar-refractivity contribution < 1.29 is 8.78 Å². The van der Waals surface area contributed by atoms with Gasteiger partial charge < -0.3 is 0 Å². The third-order valence-corrected chi connectivity index (χ3v) is 2.59. The predicted octanol–water partition coefficient (Wildman–Crippen LogP) is 4.46. The third-order valence-electron chi connectivity index (χ3n) is 2.59. The normalized spacial score (nSPS) is 30.0. The van der Waals surface area contributed by atoms with Gasteiger partial charge in [-0.3, -0.25) is 0 Å². The Morgan fingerprint density at radius 1 is 1.36 bits per heavy atom. The topological polar surface area (TPSA) is 0 Å². The fraction of sp³-hybridized carbons (Fsp3) is 0.500. The lowest BCUT2D eigenvalue weighted by Crippen LogP contribution is -2.07. The third kappa shape index (κ3) is 2.79. The highest BCUT2D eigenvalue weighted by Crippen LogP contribution is 2.33. The summed E-state index contributed by atoms with van der Waals surface area (Å²) in [5.74, 6) is 0.531. The number of allylic oxidation sites excluding steroid dienone is 4. The molecule has 1 atom stereocenters. The van der Waals surface area contributed by atoms with E-state index in [1.54, 1.807) is 13.0 Å². The first kappa shape index (κ1) is 11.2. The molecule has 1 rings (SSSR count). The minimum Gasteiger partial charge on any atom is -0.215 e. The Morgan fingerprint density at radius 2 is 2.07 bits per heavy atom. The van der Waals surface area contributed by atoms with Gasteiger partial charge in [0.25, 0.3) is 0 Å². The van der Waals surface area contributed by atoms with E-state index >= 15 is 0 Å². The maximum Gasteiger partial charge on any atom is 0.0901 e. The smallest absolute Gasteiger partial charge is 0.0901 e. The lowest BCUT2D eigenvalue weighted by molar-refractivity contribution is 0.489. The van der Waals surface area contributed by atoms with Crippen LogP contribution in [0.5, 0.6) is 0 Å². The Hall–Kier alpha value is -0.920. The fourth-order valence-electron chi connectivity index (χ4n) is 1.76. The van der Waals surface area contributed by atoms with Gasteiger partial charge in [0.2, 0.25) is 0 Å². The van der Waals surface area contributed by atoms with Crippen molar-refractivity contribution in [1.82, 2.24) is 0 Å². The van der Waals surface area contributed by atoms with Gasteiger partial charge in [0.1, 0.15) is 0 Å². The van der Waals surface area contributed by atoms with Gasteiger partial charge in [-0.05, 0) is 48.8 Å². The average Bonchev–Trinajstić information content (AvgIpc) is 2.20. The Kier molecular flexibility index (Phi) is 4.05. The lowest BCUT2D eigenvalue weighted by Gasteiger charge is -2.22. The van der Waals surface area contributed by atoms with Crippen LogP contribution in [0.25, 0.3) is 0 Å². The second kappa shape index (κ2) is 5.08. The minimum absolute atomic E-state index is 0.531. The van der Waals surface area contributed by atoms with Crippen molar-refractivity contribution in [3.63, 3.8) is 0 Å². The molecular formula is C12H16F2. The van der Waals surface area contributed by atoms with Crippen molar-refractivity contribution in [2.24, 2.45) is 5.92 Å². The molecule has 1 unspecified atom stereocenters. The summed E-state index contributed by atoms with van der Waals surface area (Å²) in [6, 6.07) is 0. The van der Waals surface area contributed by atoms with Crippen LogP contribution >= 0.6 is 0 Å². The molecule has 14 heavy (non-hydrogen) atoms. The van der Waals surface area contributed by atoms with E-state index in [1.807, 2.05) is 0 Å². The average molecular weight is 198 g/mol. The number of hydrogen-bond donors (Lipinski definition) is 0. The lowest BCUT2D eigenvalue weighted by atomic mass is 9.83. The number of halogens is 2. The van der Waals surface area contributed by atoms with Crippen LogP contribution in [0, 0.1) is 5.92 Å². The molecule has 0 saturated heterocycles. The van der Waals surface area contributed by atoms with Crippen molar-refractivity contribution in [2.75, 3.05) is 0 Å². The van der Waals surface area contributed by atoms with E-state index in [1.165, 1.54) is 0 Å². The summed E-state index contributed by atoms with van der Waals surface area (Å²) in [5.41, 5.74) is 2.22. The summed E-state index contributed by atoms with van der Waals surface area (Å²) >= 11 is 0. The molecule has 0 aromatic carbocycles. The van der Waals surface area contributed by atoms with Crippen LogP contribution in [0.1, 0.15) is 33.1 Å². The first-order valence-corrected chi connectivity index (χ1v) is 4.94. The van der Waals surface area contributed by atoms with Crippen LogP contribution in [0.15, 0.2) is 35.5 Å². The van der Waals surface area contributed by atoms with Crippen molar-refractivity contribution in [3.05, 3.63) is 35.5 Å². The summed E-state index contributed by atoms with van der Waals surface area (Å²) in [7, 11) is 0. The van der Waals surface area contributed by atoms with Crippen molar-refractivity contribution in [2.45, 2.75) is 33.1 Å². The highest BCUT2D eigenvalue weighted by Gasteiger charge is 2.17. The Labute approximate surface area is 84.0 Å². The molecule has 0 spiro atoms. The Balaban J connectivity index is 2.83. The fourth-order valence-corrected chi connectivity index (χ4v) is 1.76. The molecule has 2 heteroatoms. The van der Waals surface area contributed by atoms with Crippen molar-refractivity contribution in [3.8, 4) is 0 Å². The summed E-state index contributed by atoms with van der Waals surface area (Å²) in [4.78, 5) is 0. The van der Waals surface area contributed by atoms with Crippen LogP contribution < -0.4 is 0 Å². The largest absolute Gasteiger partial charge is 0.215 e. The minimum atomic E-state index is 0.531. The molecule has 0 aromatic heterocycles. The molecular weight excluding hydrogens is 182 g/mol. The van der Waals surface area contributed by atoms with E-state index in [0.717, 1.165) is 30.4 Å². The van der Waals surface area contributed by atoms with Gasteiger partial charge >= 0.3 is 0 Å². The van der Waals surface area contributed by atoms with Gasteiger partial charge in [0.15, 0.2) is 0 Å². The molecule has 0 radical (unpaired) electrons. The molecule has 1 aliphatic carbocycles. The zero-order chi connectivity index (χ0) is 10.6. The molecule has 1 saturated carbocycles. The van der Waals surface area contributed by atoms with Gasteiger partial charge in [-0.1, -0.05) is 13.0 Å². The first-order valence-electron chi connectivity index (χ1n) is 4.94. The number of rotatable bonds is 1.